The highest BCUT2D eigenvalue weighted by Gasteiger charge is 2.13. The Bertz CT molecular complexity index is 420. The van der Waals surface area contributed by atoms with Crippen molar-refractivity contribution in [3.63, 3.8) is 0 Å². The third kappa shape index (κ3) is 4.87. The average molecular weight is 362 g/mol. The summed E-state index contributed by atoms with van der Waals surface area (Å²) in [6.07, 6.45) is 1.93. The van der Waals surface area contributed by atoms with Crippen LogP contribution in [0.15, 0.2) is 18.2 Å². The van der Waals surface area contributed by atoms with Gasteiger partial charge in [-0.1, -0.05) is 18.5 Å². The Hall–Kier alpha value is -0.240. The summed E-state index contributed by atoms with van der Waals surface area (Å²) in [5.41, 5.74) is 1.28. The topological polar surface area (TPSA) is 12.0 Å². The van der Waals surface area contributed by atoms with Crippen molar-refractivity contribution < 1.29 is 0 Å². The van der Waals surface area contributed by atoms with Crippen molar-refractivity contribution in [2.24, 2.45) is 0 Å². The number of rotatable bonds is 5. The summed E-state index contributed by atoms with van der Waals surface area (Å²) >= 11 is 8.42. The summed E-state index contributed by atoms with van der Waals surface area (Å²) in [4.78, 5) is 0. The van der Waals surface area contributed by atoms with Crippen molar-refractivity contribution in [3.8, 4) is 11.8 Å². The molecule has 0 aliphatic carbocycles. The van der Waals surface area contributed by atoms with Gasteiger partial charge in [-0.05, 0) is 66.2 Å². The van der Waals surface area contributed by atoms with Gasteiger partial charge in [0.15, 0.2) is 0 Å². The minimum absolute atomic E-state index is 0.339. The molecule has 0 heterocycles. The van der Waals surface area contributed by atoms with Crippen LogP contribution in [0.2, 0.25) is 5.02 Å². The maximum atomic E-state index is 6.06. The van der Waals surface area contributed by atoms with Crippen LogP contribution >= 0.6 is 34.2 Å². The highest BCUT2D eigenvalue weighted by Crippen LogP contribution is 2.26. The molecule has 1 N–H and O–H groups in total. The van der Waals surface area contributed by atoms with Crippen LogP contribution in [0.25, 0.3) is 0 Å². The molecular formula is C14H17ClIN. The minimum atomic E-state index is 0.339. The summed E-state index contributed by atoms with van der Waals surface area (Å²) in [5.74, 6) is 6.05. The van der Waals surface area contributed by atoms with E-state index in [0.717, 1.165) is 24.4 Å². The van der Waals surface area contributed by atoms with Gasteiger partial charge in [0.2, 0.25) is 0 Å². The fraction of sp³-hybridized carbons (Fsp3) is 0.429. The molecule has 0 aromatic heterocycles. The van der Waals surface area contributed by atoms with Crippen LogP contribution in [-0.2, 0) is 0 Å². The smallest absolute Gasteiger partial charge is 0.0410 e. The van der Waals surface area contributed by atoms with Gasteiger partial charge in [-0.15, -0.1) is 11.8 Å². The Balaban J connectivity index is 2.86. The van der Waals surface area contributed by atoms with E-state index in [2.05, 4.69) is 58.8 Å². The van der Waals surface area contributed by atoms with Crippen LogP contribution in [-0.4, -0.2) is 6.54 Å². The highest BCUT2D eigenvalue weighted by molar-refractivity contribution is 14.1. The van der Waals surface area contributed by atoms with E-state index in [9.17, 15) is 0 Å². The van der Waals surface area contributed by atoms with Crippen molar-refractivity contribution >= 4 is 34.2 Å². The lowest BCUT2D eigenvalue weighted by Crippen LogP contribution is -2.21. The first-order chi connectivity index (χ1) is 8.19. The maximum Gasteiger partial charge on any atom is 0.0410 e. The van der Waals surface area contributed by atoms with Crippen molar-refractivity contribution in [2.45, 2.75) is 32.7 Å². The lowest BCUT2D eigenvalue weighted by molar-refractivity contribution is 0.520. The van der Waals surface area contributed by atoms with E-state index in [4.69, 9.17) is 11.6 Å². The van der Waals surface area contributed by atoms with Gasteiger partial charge in [0.05, 0.1) is 0 Å². The molecule has 0 saturated heterocycles. The Morgan fingerprint density at radius 1 is 1.47 bits per heavy atom. The first-order valence-corrected chi connectivity index (χ1v) is 7.22. The van der Waals surface area contributed by atoms with Crippen molar-refractivity contribution in [2.75, 3.05) is 6.54 Å². The molecule has 1 unspecified atom stereocenters. The van der Waals surface area contributed by atoms with E-state index in [0.29, 0.717) is 6.04 Å². The third-order valence-corrected chi connectivity index (χ3v) is 3.74. The predicted octanol–water partition coefficient (Wildman–Crippen LogP) is 4.40. The van der Waals surface area contributed by atoms with Gasteiger partial charge in [0.1, 0.15) is 0 Å². The molecule has 0 radical (unpaired) electrons. The van der Waals surface area contributed by atoms with Crippen LogP contribution in [0.3, 0.4) is 0 Å². The molecule has 0 aliphatic rings. The summed E-state index contributed by atoms with van der Waals surface area (Å²) < 4.78 is 1.25. The van der Waals surface area contributed by atoms with E-state index in [1.807, 2.05) is 13.0 Å². The molecule has 92 valence electrons. The van der Waals surface area contributed by atoms with Crippen LogP contribution in [0.5, 0.6) is 0 Å². The van der Waals surface area contributed by atoms with Crippen LogP contribution < -0.4 is 5.32 Å². The number of halogens is 2. The molecule has 1 aromatic carbocycles. The van der Waals surface area contributed by atoms with Crippen LogP contribution in [0, 0.1) is 15.4 Å². The first kappa shape index (κ1) is 14.8. The molecule has 0 spiro atoms. The molecule has 0 amide bonds. The molecule has 0 bridgehead atoms. The largest absolute Gasteiger partial charge is 0.310 e. The SMILES string of the molecule is CC#CCCC(NCC)c1cc(Cl)ccc1I. The van der Waals surface area contributed by atoms with Gasteiger partial charge in [0, 0.05) is 21.1 Å². The monoisotopic (exact) mass is 361 g/mol. The Morgan fingerprint density at radius 2 is 2.24 bits per heavy atom. The first-order valence-electron chi connectivity index (χ1n) is 5.77. The maximum absolute atomic E-state index is 6.06. The second kappa shape index (κ2) is 7.97. The zero-order chi connectivity index (χ0) is 12.7. The number of benzene rings is 1. The molecule has 0 saturated carbocycles. The fourth-order valence-electron chi connectivity index (χ4n) is 1.74. The zero-order valence-electron chi connectivity index (χ0n) is 10.2. The minimum Gasteiger partial charge on any atom is -0.310 e. The Labute approximate surface area is 122 Å². The standard InChI is InChI=1S/C14H17ClIN/c1-3-5-6-7-14(17-4-2)12-10-11(15)8-9-13(12)16/h8-10,14,17H,4,6-7H2,1-2H3. The lowest BCUT2D eigenvalue weighted by atomic mass is 10.0. The highest BCUT2D eigenvalue weighted by atomic mass is 127. The molecule has 0 fully saturated rings. The fourth-order valence-corrected chi connectivity index (χ4v) is 2.63. The van der Waals surface area contributed by atoms with Crippen LogP contribution in [0.4, 0.5) is 0 Å². The van der Waals surface area contributed by atoms with Gasteiger partial charge in [0.25, 0.3) is 0 Å². The van der Waals surface area contributed by atoms with E-state index in [1.54, 1.807) is 0 Å². The van der Waals surface area contributed by atoms with E-state index < -0.39 is 0 Å². The molecular weight excluding hydrogens is 345 g/mol. The van der Waals surface area contributed by atoms with Gasteiger partial charge in [-0.25, -0.2) is 0 Å². The molecule has 1 aromatic rings. The Morgan fingerprint density at radius 3 is 2.88 bits per heavy atom. The molecule has 0 aliphatic heterocycles. The number of nitrogens with one attached hydrogen (secondary N) is 1. The predicted molar refractivity (Wildman–Crippen MR) is 83.3 cm³/mol. The van der Waals surface area contributed by atoms with Gasteiger partial charge < -0.3 is 5.32 Å². The molecule has 1 atom stereocenters. The second-order valence-corrected chi connectivity index (χ2v) is 5.34. The van der Waals surface area contributed by atoms with Crippen molar-refractivity contribution in [1.82, 2.24) is 5.32 Å². The van der Waals surface area contributed by atoms with Gasteiger partial charge >= 0.3 is 0 Å². The molecule has 17 heavy (non-hydrogen) atoms. The second-order valence-electron chi connectivity index (χ2n) is 3.74. The van der Waals surface area contributed by atoms with Gasteiger partial charge in [-0.2, -0.15) is 0 Å². The number of hydrogen-bond donors (Lipinski definition) is 1. The molecule has 1 nitrogen and oxygen atoms in total. The summed E-state index contributed by atoms with van der Waals surface area (Å²) in [5, 5.41) is 4.29. The summed E-state index contributed by atoms with van der Waals surface area (Å²) in [6.45, 7) is 4.95. The normalized spacial score (nSPS) is 11.8. The average Bonchev–Trinajstić information content (AvgIpc) is 2.32. The van der Waals surface area contributed by atoms with E-state index in [-0.39, 0.29) is 0 Å². The van der Waals surface area contributed by atoms with Crippen LogP contribution in [0.1, 0.15) is 38.3 Å². The third-order valence-electron chi connectivity index (χ3n) is 2.52. The van der Waals surface area contributed by atoms with Gasteiger partial charge in [-0.3, -0.25) is 0 Å². The quantitative estimate of drug-likeness (QED) is 0.605. The Kier molecular flexibility index (Phi) is 6.94. The lowest BCUT2D eigenvalue weighted by Gasteiger charge is -2.19. The van der Waals surface area contributed by atoms with Crippen molar-refractivity contribution in [3.05, 3.63) is 32.4 Å². The van der Waals surface area contributed by atoms with E-state index in [1.165, 1.54) is 9.13 Å². The molecule has 1 rings (SSSR count). The summed E-state index contributed by atoms with van der Waals surface area (Å²) in [7, 11) is 0. The van der Waals surface area contributed by atoms with Crippen molar-refractivity contribution in [1.29, 1.82) is 0 Å². The number of hydrogen-bond acceptors (Lipinski definition) is 1. The zero-order valence-corrected chi connectivity index (χ0v) is 13.1. The van der Waals surface area contributed by atoms with E-state index >= 15 is 0 Å². The summed E-state index contributed by atoms with van der Waals surface area (Å²) in [6, 6.07) is 6.39. The molecule has 3 heteroatoms.